The molecule has 0 amide bonds. The largest absolute Gasteiger partial charge is 0.277 e. The number of nitro groups is 1. The Morgan fingerprint density at radius 3 is 2.35 bits per heavy atom. The Morgan fingerprint density at radius 2 is 1.71 bits per heavy atom. The Morgan fingerprint density at radius 1 is 1.00 bits per heavy atom. The van der Waals surface area contributed by atoms with Crippen LogP contribution in [0.1, 0.15) is 0 Å². The third kappa shape index (κ3) is 2.56. The van der Waals surface area contributed by atoms with E-state index in [0.29, 0.717) is 5.56 Å². The molecule has 2 aromatic carbocycles. The number of hydrogen-bond acceptors (Lipinski definition) is 2. The van der Waals surface area contributed by atoms with Crippen molar-refractivity contribution in [2.45, 2.75) is 0 Å². The summed E-state index contributed by atoms with van der Waals surface area (Å²) in [7, 11) is 0. The highest BCUT2D eigenvalue weighted by molar-refractivity contribution is 9.13. The van der Waals surface area contributed by atoms with E-state index in [1.54, 1.807) is 18.2 Å². The molecule has 2 rings (SSSR count). The average Bonchev–Trinajstić information content (AvgIpc) is 2.32. The van der Waals surface area contributed by atoms with Crippen LogP contribution in [0.4, 0.5) is 5.69 Å². The van der Waals surface area contributed by atoms with Gasteiger partial charge in [0.05, 0.1) is 10.5 Å². The standard InChI is InChI=1S/C12H7Br2NO2/c13-10-6-5-8(7-11(10)14)9-3-1-2-4-12(9)15(16)17/h1-7H. The minimum atomic E-state index is -0.370. The van der Waals surface area contributed by atoms with Crippen LogP contribution in [0.25, 0.3) is 11.1 Å². The predicted octanol–water partition coefficient (Wildman–Crippen LogP) is 4.79. The summed E-state index contributed by atoms with van der Waals surface area (Å²) in [6.07, 6.45) is 0. The molecule has 0 bridgehead atoms. The molecule has 0 aliphatic carbocycles. The van der Waals surface area contributed by atoms with Gasteiger partial charge in [-0.05, 0) is 55.6 Å². The van der Waals surface area contributed by atoms with Crippen molar-refractivity contribution >= 4 is 37.5 Å². The van der Waals surface area contributed by atoms with Gasteiger partial charge in [0, 0.05) is 15.0 Å². The van der Waals surface area contributed by atoms with E-state index in [-0.39, 0.29) is 10.6 Å². The van der Waals surface area contributed by atoms with Gasteiger partial charge in [-0.15, -0.1) is 0 Å². The van der Waals surface area contributed by atoms with Crippen LogP contribution in [0.2, 0.25) is 0 Å². The molecule has 0 aliphatic heterocycles. The lowest BCUT2D eigenvalue weighted by atomic mass is 10.0. The van der Waals surface area contributed by atoms with E-state index in [1.807, 2.05) is 18.2 Å². The van der Waals surface area contributed by atoms with Gasteiger partial charge in [0.15, 0.2) is 0 Å². The number of para-hydroxylation sites is 1. The molecule has 0 N–H and O–H groups in total. The second kappa shape index (κ2) is 4.98. The van der Waals surface area contributed by atoms with Crippen LogP contribution >= 0.6 is 31.9 Å². The molecular weight excluding hydrogens is 350 g/mol. The van der Waals surface area contributed by atoms with Crippen molar-refractivity contribution in [1.82, 2.24) is 0 Å². The Balaban J connectivity index is 2.60. The molecule has 0 fully saturated rings. The summed E-state index contributed by atoms with van der Waals surface area (Å²) >= 11 is 6.76. The first kappa shape index (κ1) is 12.3. The number of nitro benzene ring substituents is 1. The van der Waals surface area contributed by atoms with Crippen molar-refractivity contribution in [2.75, 3.05) is 0 Å². The lowest BCUT2D eigenvalue weighted by Gasteiger charge is -2.04. The van der Waals surface area contributed by atoms with Crippen LogP contribution < -0.4 is 0 Å². The molecule has 0 spiro atoms. The third-order valence-electron chi connectivity index (χ3n) is 2.33. The fraction of sp³-hybridized carbons (Fsp3) is 0. The Bertz CT molecular complexity index is 584. The molecule has 3 nitrogen and oxygen atoms in total. The summed E-state index contributed by atoms with van der Waals surface area (Å²) in [5, 5.41) is 10.9. The first-order valence-electron chi connectivity index (χ1n) is 4.78. The second-order valence-corrected chi connectivity index (χ2v) is 5.11. The van der Waals surface area contributed by atoms with Gasteiger partial charge in [-0.3, -0.25) is 10.1 Å². The van der Waals surface area contributed by atoms with Crippen LogP contribution in [0, 0.1) is 10.1 Å². The lowest BCUT2D eigenvalue weighted by molar-refractivity contribution is -0.384. The maximum atomic E-state index is 10.9. The van der Waals surface area contributed by atoms with Crippen molar-refractivity contribution in [1.29, 1.82) is 0 Å². The highest BCUT2D eigenvalue weighted by Crippen LogP contribution is 2.33. The summed E-state index contributed by atoms with van der Waals surface area (Å²) in [4.78, 5) is 10.6. The van der Waals surface area contributed by atoms with Gasteiger partial charge < -0.3 is 0 Å². The van der Waals surface area contributed by atoms with Crippen molar-refractivity contribution in [3.05, 3.63) is 61.5 Å². The SMILES string of the molecule is O=[N+]([O-])c1ccccc1-c1ccc(Br)c(Br)c1. The number of nitrogens with zero attached hydrogens (tertiary/aromatic N) is 1. The quantitative estimate of drug-likeness (QED) is 0.573. The zero-order chi connectivity index (χ0) is 12.4. The fourth-order valence-electron chi connectivity index (χ4n) is 1.54. The summed E-state index contributed by atoms with van der Waals surface area (Å²) in [6.45, 7) is 0. The topological polar surface area (TPSA) is 43.1 Å². The van der Waals surface area contributed by atoms with Gasteiger partial charge in [-0.2, -0.15) is 0 Å². The third-order valence-corrected chi connectivity index (χ3v) is 4.21. The van der Waals surface area contributed by atoms with Crippen LogP contribution in [-0.2, 0) is 0 Å². The summed E-state index contributed by atoms with van der Waals surface area (Å²) in [6, 6.07) is 12.3. The van der Waals surface area contributed by atoms with Gasteiger partial charge in [-0.1, -0.05) is 18.2 Å². The molecule has 2 aromatic rings. The van der Waals surface area contributed by atoms with Gasteiger partial charge in [0.25, 0.3) is 5.69 Å². The normalized spacial score (nSPS) is 10.2. The number of rotatable bonds is 2. The minimum absolute atomic E-state index is 0.113. The van der Waals surface area contributed by atoms with Crippen molar-refractivity contribution in [2.24, 2.45) is 0 Å². The van der Waals surface area contributed by atoms with Crippen molar-refractivity contribution in [3.63, 3.8) is 0 Å². The highest BCUT2D eigenvalue weighted by Gasteiger charge is 2.14. The van der Waals surface area contributed by atoms with Crippen LogP contribution in [0.5, 0.6) is 0 Å². The average molecular weight is 357 g/mol. The minimum Gasteiger partial charge on any atom is -0.258 e. The first-order valence-corrected chi connectivity index (χ1v) is 6.37. The summed E-state index contributed by atoms with van der Waals surface area (Å²) in [5.41, 5.74) is 1.54. The Kier molecular flexibility index (Phi) is 3.59. The second-order valence-electron chi connectivity index (χ2n) is 3.40. The first-order chi connectivity index (χ1) is 8.09. The highest BCUT2D eigenvalue weighted by atomic mass is 79.9. The molecule has 0 radical (unpaired) electrons. The summed E-state index contributed by atoms with van der Waals surface area (Å²) in [5.74, 6) is 0. The smallest absolute Gasteiger partial charge is 0.258 e. The van der Waals surface area contributed by atoms with Gasteiger partial charge in [0.2, 0.25) is 0 Å². The van der Waals surface area contributed by atoms with Crippen molar-refractivity contribution < 1.29 is 4.92 Å². The molecule has 0 aromatic heterocycles. The molecule has 0 unspecified atom stereocenters. The molecule has 0 saturated carbocycles. The van der Waals surface area contributed by atoms with E-state index in [2.05, 4.69) is 31.9 Å². The summed E-state index contributed by atoms with van der Waals surface area (Å²) < 4.78 is 1.79. The molecule has 86 valence electrons. The number of hydrogen-bond donors (Lipinski definition) is 0. The van der Waals surface area contributed by atoms with E-state index in [0.717, 1.165) is 14.5 Å². The van der Waals surface area contributed by atoms with E-state index in [1.165, 1.54) is 6.07 Å². The van der Waals surface area contributed by atoms with Crippen molar-refractivity contribution in [3.8, 4) is 11.1 Å². The molecule has 0 saturated heterocycles. The van der Waals surface area contributed by atoms with Gasteiger partial charge in [-0.25, -0.2) is 0 Å². The lowest BCUT2D eigenvalue weighted by Crippen LogP contribution is -1.91. The monoisotopic (exact) mass is 355 g/mol. The van der Waals surface area contributed by atoms with Gasteiger partial charge in [0.1, 0.15) is 0 Å². The molecule has 0 aliphatic rings. The van der Waals surface area contributed by atoms with Crippen LogP contribution in [0.15, 0.2) is 51.4 Å². The van der Waals surface area contributed by atoms with E-state index in [4.69, 9.17) is 0 Å². The predicted molar refractivity (Wildman–Crippen MR) is 73.9 cm³/mol. The molecule has 0 heterocycles. The van der Waals surface area contributed by atoms with Gasteiger partial charge >= 0.3 is 0 Å². The molecule has 17 heavy (non-hydrogen) atoms. The molecular formula is C12H7Br2NO2. The molecule has 0 atom stereocenters. The zero-order valence-corrected chi connectivity index (χ0v) is 11.7. The maximum Gasteiger partial charge on any atom is 0.277 e. The maximum absolute atomic E-state index is 10.9. The van der Waals surface area contributed by atoms with Crippen LogP contribution in [0.3, 0.4) is 0 Å². The zero-order valence-electron chi connectivity index (χ0n) is 8.56. The number of halogens is 2. The fourth-order valence-corrected chi connectivity index (χ4v) is 2.17. The van der Waals surface area contributed by atoms with E-state index >= 15 is 0 Å². The van der Waals surface area contributed by atoms with E-state index in [9.17, 15) is 10.1 Å². The van der Waals surface area contributed by atoms with E-state index < -0.39 is 0 Å². The Labute approximate surface area is 115 Å². The molecule has 5 heteroatoms. The van der Waals surface area contributed by atoms with Crippen LogP contribution in [-0.4, -0.2) is 4.92 Å². The number of benzene rings is 2. The Hall–Kier alpha value is -1.20.